The van der Waals surface area contributed by atoms with E-state index in [1.165, 1.54) is 49.7 Å². The second-order valence-electron chi connectivity index (χ2n) is 5.34. The predicted octanol–water partition coefficient (Wildman–Crippen LogP) is 3.49. The molecule has 1 aromatic carbocycles. The molecule has 1 nitrogen and oxygen atoms in total. The van der Waals surface area contributed by atoms with Crippen LogP contribution in [0.15, 0.2) is 0 Å². The molecule has 0 radical (unpaired) electrons. The first-order chi connectivity index (χ1) is 8.36. The van der Waals surface area contributed by atoms with E-state index < -0.39 is 0 Å². The van der Waals surface area contributed by atoms with Gasteiger partial charge in [-0.15, -0.1) is 0 Å². The van der Waals surface area contributed by atoms with Gasteiger partial charge in [0.15, 0.2) is 0 Å². The van der Waals surface area contributed by atoms with Gasteiger partial charge in [-0.3, -0.25) is 0 Å². The monoisotopic (exact) mass is 225 g/mol. The van der Waals surface area contributed by atoms with E-state index in [1.54, 1.807) is 16.7 Å². The number of benzene rings is 1. The Labute approximate surface area is 103 Å². The molecule has 88 valence electrons. The predicted molar refractivity (Wildman–Crippen MR) is 69.2 cm³/mol. The number of hydrogen-bond donors (Lipinski definition) is 0. The number of hydrogen-bond acceptors (Lipinski definition) is 1. The van der Waals surface area contributed by atoms with Crippen LogP contribution in [-0.4, -0.2) is 0 Å². The summed E-state index contributed by atoms with van der Waals surface area (Å²) in [5.74, 6) is 0. The Morgan fingerprint density at radius 2 is 1.47 bits per heavy atom. The maximum absolute atomic E-state index is 9.44. The summed E-state index contributed by atoms with van der Waals surface area (Å²) in [4.78, 5) is 0. The Kier molecular flexibility index (Phi) is 2.67. The van der Waals surface area contributed by atoms with Gasteiger partial charge in [-0.05, 0) is 72.8 Å². The van der Waals surface area contributed by atoms with Crippen LogP contribution in [0.1, 0.15) is 59.6 Å². The van der Waals surface area contributed by atoms with Crippen molar-refractivity contribution in [2.24, 2.45) is 0 Å². The molecule has 0 saturated carbocycles. The molecule has 17 heavy (non-hydrogen) atoms. The molecule has 0 heterocycles. The van der Waals surface area contributed by atoms with Crippen molar-refractivity contribution in [3.63, 3.8) is 0 Å². The molecule has 0 bridgehead atoms. The number of rotatable bonds is 2. The van der Waals surface area contributed by atoms with Crippen molar-refractivity contribution in [2.75, 3.05) is 0 Å². The van der Waals surface area contributed by atoms with E-state index >= 15 is 0 Å². The van der Waals surface area contributed by atoms with Gasteiger partial charge in [0, 0.05) is 0 Å². The first kappa shape index (κ1) is 10.8. The molecule has 0 atom stereocenters. The molecule has 2 aliphatic carbocycles. The third kappa shape index (κ3) is 1.51. The van der Waals surface area contributed by atoms with E-state index in [1.807, 2.05) is 0 Å². The Hall–Kier alpha value is -1.29. The van der Waals surface area contributed by atoms with Crippen LogP contribution in [0.2, 0.25) is 0 Å². The van der Waals surface area contributed by atoms with Crippen LogP contribution in [0.4, 0.5) is 0 Å². The molecule has 1 heteroatoms. The van der Waals surface area contributed by atoms with Crippen LogP contribution < -0.4 is 0 Å². The summed E-state index contributed by atoms with van der Waals surface area (Å²) in [6.07, 6.45) is 9.66. The quantitative estimate of drug-likeness (QED) is 0.756. The highest BCUT2D eigenvalue weighted by molar-refractivity contribution is 5.59. The summed E-state index contributed by atoms with van der Waals surface area (Å²) >= 11 is 0. The fourth-order valence-corrected chi connectivity index (χ4v) is 3.76. The topological polar surface area (TPSA) is 23.8 Å². The number of nitriles is 1. The molecule has 0 saturated heterocycles. The Bertz CT molecular complexity index is 470. The van der Waals surface area contributed by atoms with Crippen LogP contribution in [-0.2, 0) is 32.1 Å². The summed E-state index contributed by atoms with van der Waals surface area (Å²) < 4.78 is 0. The maximum atomic E-state index is 9.44. The molecule has 1 aromatic rings. The van der Waals surface area contributed by atoms with Crippen LogP contribution >= 0.6 is 0 Å². The average Bonchev–Trinajstić information content (AvgIpc) is 2.96. The first-order valence-electron chi connectivity index (χ1n) is 6.95. The molecule has 0 aliphatic heterocycles. The Balaban J connectivity index is 2.27. The third-order valence-electron chi connectivity index (χ3n) is 4.38. The minimum atomic E-state index is 1.06. The van der Waals surface area contributed by atoms with E-state index in [9.17, 15) is 5.26 Å². The minimum Gasteiger partial charge on any atom is -0.192 e. The van der Waals surface area contributed by atoms with Crippen LogP contribution in [0.5, 0.6) is 0 Å². The van der Waals surface area contributed by atoms with E-state index in [0.717, 1.165) is 18.4 Å². The maximum Gasteiger partial charge on any atom is 0.0997 e. The van der Waals surface area contributed by atoms with Gasteiger partial charge >= 0.3 is 0 Å². The van der Waals surface area contributed by atoms with Crippen molar-refractivity contribution >= 4 is 0 Å². The van der Waals surface area contributed by atoms with Crippen molar-refractivity contribution in [1.82, 2.24) is 0 Å². The van der Waals surface area contributed by atoms with Crippen molar-refractivity contribution in [3.8, 4) is 6.07 Å². The van der Waals surface area contributed by atoms with E-state index in [4.69, 9.17) is 0 Å². The van der Waals surface area contributed by atoms with Gasteiger partial charge in [-0.25, -0.2) is 0 Å². The highest BCUT2D eigenvalue weighted by Crippen LogP contribution is 2.38. The number of nitrogens with zero attached hydrogens (tertiary/aromatic N) is 1. The lowest BCUT2D eigenvalue weighted by atomic mass is 9.87. The van der Waals surface area contributed by atoms with Gasteiger partial charge in [0.25, 0.3) is 0 Å². The Morgan fingerprint density at radius 3 is 1.94 bits per heavy atom. The van der Waals surface area contributed by atoms with E-state index in [2.05, 4.69) is 13.0 Å². The first-order valence-corrected chi connectivity index (χ1v) is 6.95. The summed E-state index contributed by atoms with van der Waals surface area (Å²) in [5, 5.41) is 9.44. The third-order valence-corrected chi connectivity index (χ3v) is 4.38. The zero-order valence-corrected chi connectivity index (χ0v) is 10.6. The van der Waals surface area contributed by atoms with E-state index in [-0.39, 0.29) is 0 Å². The fourth-order valence-electron chi connectivity index (χ4n) is 3.76. The fraction of sp³-hybridized carbons (Fsp3) is 0.562. The van der Waals surface area contributed by atoms with Crippen LogP contribution in [0, 0.1) is 11.3 Å². The van der Waals surface area contributed by atoms with Crippen molar-refractivity contribution in [2.45, 2.75) is 58.3 Å². The summed E-state index contributed by atoms with van der Waals surface area (Å²) in [6.45, 7) is 2.26. The second kappa shape index (κ2) is 4.18. The Morgan fingerprint density at radius 1 is 0.941 bits per heavy atom. The van der Waals surface area contributed by atoms with Gasteiger partial charge in [0.05, 0.1) is 11.6 Å². The smallest absolute Gasteiger partial charge is 0.0997 e. The molecule has 0 amide bonds. The molecule has 2 aliphatic rings. The van der Waals surface area contributed by atoms with Gasteiger partial charge < -0.3 is 0 Å². The largest absolute Gasteiger partial charge is 0.192 e. The molecular formula is C16H19N. The molecule has 0 spiro atoms. The highest BCUT2D eigenvalue weighted by atomic mass is 14.3. The van der Waals surface area contributed by atoms with Crippen molar-refractivity contribution < 1.29 is 0 Å². The van der Waals surface area contributed by atoms with Gasteiger partial charge in [-0.2, -0.15) is 5.26 Å². The molecule has 0 fully saturated rings. The van der Waals surface area contributed by atoms with Gasteiger partial charge in [0.2, 0.25) is 0 Å². The molecule has 3 rings (SSSR count). The SMILES string of the molecule is CCCc1c2c(c(C#N)c3c1CCC3)CCC2. The highest BCUT2D eigenvalue weighted by Gasteiger charge is 2.27. The molecular weight excluding hydrogens is 206 g/mol. The standard InChI is InChI=1S/C16H19N/c1-2-5-11-12-6-3-8-14(12)16(10-17)15-9-4-7-13(11)15/h2-9H2,1H3. The normalized spacial score (nSPS) is 16.7. The van der Waals surface area contributed by atoms with Crippen molar-refractivity contribution in [3.05, 3.63) is 33.4 Å². The summed E-state index contributed by atoms with van der Waals surface area (Å²) in [6, 6.07) is 2.50. The molecule has 0 N–H and O–H groups in total. The summed E-state index contributed by atoms with van der Waals surface area (Å²) in [5.41, 5.74) is 8.64. The molecule has 0 unspecified atom stereocenters. The summed E-state index contributed by atoms with van der Waals surface area (Å²) in [7, 11) is 0. The van der Waals surface area contributed by atoms with Crippen molar-refractivity contribution in [1.29, 1.82) is 5.26 Å². The lowest BCUT2D eigenvalue weighted by molar-refractivity contribution is 0.856. The second-order valence-corrected chi connectivity index (χ2v) is 5.34. The van der Waals surface area contributed by atoms with Crippen LogP contribution in [0.25, 0.3) is 0 Å². The van der Waals surface area contributed by atoms with Gasteiger partial charge in [-0.1, -0.05) is 13.3 Å². The lowest BCUT2D eigenvalue weighted by Crippen LogP contribution is -2.04. The molecule has 0 aromatic heterocycles. The van der Waals surface area contributed by atoms with Crippen LogP contribution in [0.3, 0.4) is 0 Å². The zero-order valence-electron chi connectivity index (χ0n) is 10.6. The lowest BCUT2D eigenvalue weighted by Gasteiger charge is -2.16. The minimum absolute atomic E-state index is 1.06. The van der Waals surface area contributed by atoms with E-state index in [0.29, 0.717) is 0 Å². The zero-order chi connectivity index (χ0) is 11.8. The van der Waals surface area contributed by atoms with Gasteiger partial charge in [0.1, 0.15) is 0 Å². The average molecular weight is 225 g/mol. The number of fused-ring (bicyclic) bond motifs is 2.